The molecule has 5 heteroatoms. The van der Waals surface area contributed by atoms with Crippen molar-refractivity contribution in [2.45, 2.75) is 37.3 Å². The Hall–Kier alpha value is -0.200. The molecule has 0 aromatic carbocycles. The first-order valence-electron chi connectivity index (χ1n) is 7.14. The van der Waals surface area contributed by atoms with Crippen LogP contribution in [0.15, 0.2) is 0 Å². The van der Waals surface area contributed by atoms with Crippen molar-refractivity contribution in [2.24, 2.45) is 5.73 Å². The lowest BCUT2D eigenvalue weighted by molar-refractivity contribution is -0.0553. The quantitative estimate of drug-likeness (QED) is 0.743. The third-order valence-corrected chi connectivity index (χ3v) is 4.49. The fourth-order valence-electron chi connectivity index (χ4n) is 3.19. The highest BCUT2D eigenvalue weighted by molar-refractivity contribution is 4.99. The molecule has 1 saturated heterocycles. The molecule has 1 aliphatic carbocycles. The number of hydrogen-bond donors (Lipinski definition) is 2. The van der Waals surface area contributed by atoms with Crippen molar-refractivity contribution in [1.82, 2.24) is 15.3 Å². The summed E-state index contributed by atoms with van der Waals surface area (Å²) in [5, 5.41) is 2.34. The maximum absolute atomic E-state index is 6.07. The summed E-state index contributed by atoms with van der Waals surface area (Å²) in [6, 6.07) is 0. The third-order valence-electron chi connectivity index (χ3n) is 4.49. The summed E-state index contributed by atoms with van der Waals surface area (Å²) < 4.78 is 5.68. The Morgan fingerprint density at radius 1 is 1.28 bits per heavy atom. The number of ether oxygens (including phenoxy) is 1. The molecule has 5 nitrogen and oxygen atoms in total. The van der Waals surface area contributed by atoms with Crippen molar-refractivity contribution in [2.75, 3.05) is 46.9 Å². The number of nitrogens with two attached hydrogens (primary N) is 1. The molecule has 1 aliphatic heterocycles. The summed E-state index contributed by atoms with van der Waals surface area (Å²) >= 11 is 0. The van der Waals surface area contributed by atoms with Crippen LogP contribution in [0, 0.1) is 0 Å². The average Bonchev–Trinajstić information content (AvgIpc) is 2.42. The van der Waals surface area contributed by atoms with Crippen molar-refractivity contribution in [1.29, 1.82) is 0 Å². The van der Waals surface area contributed by atoms with E-state index in [0.717, 1.165) is 39.0 Å². The Kier molecular flexibility index (Phi) is 4.98. The Balaban J connectivity index is 1.97. The topological polar surface area (TPSA) is 53.8 Å². The minimum absolute atomic E-state index is 0.0527. The molecule has 0 bridgehead atoms. The predicted molar refractivity (Wildman–Crippen MR) is 73.3 cm³/mol. The van der Waals surface area contributed by atoms with E-state index in [4.69, 9.17) is 10.5 Å². The third kappa shape index (κ3) is 3.03. The Morgan fingerprint density at radius 2 is 2.00 bits per heavy atom. The molecule has 1 heterocycles. The zero-order valence-electron chi connectivity index (χ0n) is 11.8. The van der Waals surface area contributed by atoms with Gasteiger partial charge in [-0.3, -0.25) is 0 Å². The Labute approximate surface area is 111 Å². The molecule has 1 saturated carbocycles. The summed E-state index contributed by atoms with van der Waals surface area (Å²) in [5.74, 6) is 0. The second-order valence-corrected chi connectivity index (χ2v) is 5.73. The van der Waals surface area contributed by atoms with Crippen molar-refractivity contribution < 1.29 is 4.74 Å². The van der Waals surface area contributed by atoms with Crippen molar-refractivity contribution in [3.05, 3.63) is 0 Å². The van der Waals surface area contributed by atoms with Crippen LogP contribution in [-0.4, -0.2) is 68.4 Å². The zero-order valence-corrected chi connectivity index (χ0v) is 11.8. The smallest absolute Gasteiger partial charge is 0.0778 e. The summed E-state index contributed by atoms with van der Waals surface area (Å²) in [6.45, 7) is 5.01. The molecule has 0 spiro atoms. The summed E-state index contributed by atoms with van der Waals surface area (Å²) in [6.07, 6.45) is 4.99. The van der Waals surface area contributed by atoms with Crippen LogP contribution in [0.4, 0.5) is 0 Å². The molecule has 18 heavy (non-hydrogen) atoms. The molecule has 2 atom stereocenters. The number of nitrogens with one attached hydrogen (secondary N) is 1. The SMILES string of the molecule is COC1CCCCC1(CN)NN1CCN(C)CC1. The molecule has 2 fully saturated rings. The number of nitrogens with zero attached hydrogens (tertiary/aromatic N) is 2. The highest BCUT2D eigenvalue weighted by Crippen LogP contribution is 2.30. The fraction of sp³-hybridized carbons (Fsp3) is 1.00. The van der Waals surface area contributed by atoms with Crippen LogP contribution in [0.25, 0.3) is 0 Å². The van der Waals surface area contributed by atoms with Gasteiger partial charge in [0.1, 0.15) is 0 Å². The van der Waals surface area contributed by atoms with Gasteiger partial charge in [-0.2, -0.15) is 0 Å². The van der Waals surface area contributed by atoms with Gasteiger partial charge in [0.15, 0.2) is 0 Å². The van der Waals surface area contributed by atoms with Crippen molar-refractivity contribution in [3.8, 4) is 0 Å². The van der Waals surface area contributed by atoms with Gasteiger partial charge in [-0.25, -0.2) is 10.4 Å². The summed E-state index contributed by atoms with van der Waals surface area (Å²) in [4.78, 5) is 2.36. The second-order valence-electron chi connectivity index (χ2n) is 5.73. The van der Waals surface area contributed by atoms with Crippen LogP contribution < -0.4 is 11.2 Å². The van der Waals surface area contributed by atoms with Gasteiger partial charge in [0.05, 0.1) is 11.6 Å². The molecule has 0 aromatic rings. The van der Waals surface area contributed by atoms with Gasteiger partial charge < -0.3 is 15.4 Å². The van der Waals surface area contributed by atoms with Gasteiger partial charge in [0.25, 0.3) is 0 Å². The van der Waals surface area contributed by atoms with E-state index in [1.54, 1.807) is 0 Å². The van der Waals surface area contributed by atoms with E-state index < -0.39 is 0 Å². The molecule has 2 aliphatic rings. The van der Waals surface area contributed by atoms with E-state index >= 15 is 0 Å². The molecule has 3 N–H and O–H groups in total. The Morgan fingerprint density at radius 3 is 2.61 bits per heavy atom. The first kappa shape index (κ1) is 14.2. The first-order valence-corrected chi connectivity index (χ1v) is 7.14. The number of rotatable bonds is 4. The lowest BCUT2D eigenvalue weighted by Crippen LogP contribution is -2.67. The van der Waals surface area contributed by atoms with E-state index in [1.165, 1.54) is 12.8 Å². The molecular formula is C13H28N4O. The molecule has 0 radical (unpaired) electrons. The van der Waals surface area contributed by atoms with E-state index in [9.17, 15) is 0 Å². The van der Waals surface area contributed by atoms with Crippen molar-refractivity contribution in [3.63, 3.8) is 0 Å². The molecule has 106 valence electrons. The average molecular weight is 256 g/mol. The van der Waals surface area contributed by atoms with Gasteiger partial charge in [-0.1, -0.05) is 12.8 Å². The first-order chi connectivity index (χ1) is 8.70. The fourth-order valence-corrected chi connectivity index (χ4v) is 3.19. The normalized spacial score (nSPS) is 35.8. The number of methoxy groups -OCH3 is 1. The lowest BCUT2D eigenvalue weighted by atomic mass is 9.79. The van der Waals surface area contributed by atoms with Gasteiger partial charge in [0.2, 0.25) is 0 Å². The number of likely N-dealkylation sites (N-methyl/N-ethyl adjacent to an activating group) is 1. The largest absolute Gasteiger partial charge is 0.379 e. The molecule has 2 rings (SSSR count). The summed E-state index contributed by atoms with van der Waals surface area (Å²) in [7, 11) is 3.99. The van der Waals surface area contributed by atoms with Gasteiger partial charge in [-0.15, -0.1) is 0 Å². The van der Waals surface area contributed by atoms with Crippen LogP contribution in [-0.2, 0) is 4.74 Å². The number of hydrogen-bond acceptors (Lipinski definition) is 5. The monoisotopic (exact) mass is 256 g/mol. The minimum Gasteiger partial charge on any atom is -0.379 e. The number of hydrazine groups is 1. The molecular weight excluding hydrogens is 228 g/mol. The maximum atomic E-state index is 6.07. The van der Waals surface area contributed by atoms with Crippen LogP contribution in [0.2, 0.25) is 0 Å². The highest BCUT2D eigenvalue weighted by atomic mass is 16.5. The van der Waals surface area contributed by atoms with E-state index in [0.29, 0.717) is 6.54 Å². The van der Waals surface area contributed by atoms with Crippen LogP contribution in [0.3, 0.4) is 0 Å². The standard InChI is InChI=1S/C13H28N4O/c1-16-7-9-17(10-8-16)15-13(11-14)6-4-3-5-12(13)18-2/h12,15H,3-11,14H2,1-2H3. The van der Waals surface area contributed by atoms with E-state index in [-0.39, 0.29) is 11.6 Å². The van der Waals surface area contributed by atoms with Crippen LogP contribution in [0.5, 0.6) is 0 Å². The van der Waals surface area contributed by atoms with Crippen LogP contribution in [0.1, 0.15) is 25.7 Å². The van der Waals surface area contributed by atoms with E-state index in [2.05, 4.69) is 22.4 Å². The maximum Gasteiger partial charge on any atom is 0.0778 e. The second kappa shape index (κ2) is 6.30. The molecule has 2 unspecified atom stereocenters. The molecule has 0 aromatic heterocycles. The number of piperazine rings is 1. The molecule has 0 amide bonds. The Bertz CT molecular complexity index is 255. The lowest BCUT2D eigenvalue weighted by Gasteiger charge is -2.47. The van der Waals surface area contributed by atoms with E-state index in [1.807, 2.05) is 7.11 Å². The highest BCUT2D eigenvalue weighted by Gasteiger charge is 2.41. The van der Waals surface area contributed by atoms with Crippen molar-refractivity contribution >= 4 is 0 Å². The van der Waals surface area contributed by atoms with Gasteiger partial charge >= 0.3 is 0 Å². The zero-order chi connectivity index (χ0) is 13.0. The van der Waals surface area contributed by atoms with Gasteiger partial charge in [-0.05, 0) is 19.9 Å². The van der Waals surface area contributed by atoms with Crippen LogP contribution >= 0.6 is 0 Å². The van der Waals surface area contributed by atoms with Gasteiger partial charge in [0, 0.05) is 39.8 Å². The minimum atomic E-state index is -0.0527. The summed E-state index contributed by atoms with van der Waals surface area (Å²) in [5.41, 5.74) is 9.72. The predicted octanol–water partition coefficient (Wildman–Crippen LogP) is 0.0249.